The Morgan fingerprint density at radius 3 is 2.72 bits per heavy atom. The van der Waals surface area contributed by atoms with E-state index in [1.165, 1.54) is 0 Å². The number of aromatic amines is 1. The first kappa shape index (κ1) is 17.8. The quantitative estimate of drug-likeness (QED) is 0.381. The van der Waals surface area contributed by atoms with Gasteiger partial charge in [0, 0.05) is 37.2 Å². The molecule has 5 nitrogen and oxygen atoms in total. The molecule has 0 amide bonds. The predicted octanol–water partition coefficient (Wildman–Crippen LogP) is 4.61. The summed E-state index contributed by atoms with van der Waals surface area (Å²) in [6, 6.07) is 9.16. The molecule has 0 unspecified atom stereocenters. The maximum Gasteiger partial charge on any atom is 0.354 e. The highest BCUT2D eigenvalue weighted by molar-refractivity contribution is 6.76. The summed E-state index contributed by atoms with van der Waals surface area (Å²) in [7, 11) is -1.07. The van der Waals surface area contributed by atoms with E-state index in [1.807, 2.05) is 18.3 Å². The Balaban J connectivity index is 1.81. The Kier molecular flexibility index (Phi) is 5.01. The van der Waals surface area contributed by atoms with Crippen LogP contribution in [0.25, 0.3) is 21.8 Å². The Hall–Kier alpha value is -2.05. The number of aromatic nitrogens is 2. The van der Waals surface area contributed by atoms with E-state index in [4.69, 9.17) is 9.47 Å². The average Bonchev–Trinajstić information content (AvgIpc) is 3.14. The van der Waals surface area contributed by atoms with Crippen molar-refractivity contribution in [3.8, 4) is 0 Å². The average molecular weight is 359 g/mol. The van der Waals surface area contributed by atoms with Crippen LogP contribution in [0.2, 0.25) is 25.7 Å². The van der Waals surface area contributed by atoms with Crippen molar-refractivity contribution < 1.29 is 14.3 Å². The monoisotopic (exact) mass is 358 g/mol. The zero-order valence-electron chi connectivity index (χ0n) is 15.4. The molecule has 0 aliphatic rings. The summed E-state index contributed by atoms with van der Waals surface area (Å²) < 4.78 is 13.0. The maximum atomic E-state index is 11.9. The van der Waals surface area contributed by atoms with E-state index in [-0.39, 0.29) is 5.97 Å². The molecule has 0 radical (unpaired) electrons. The highest BCUT2D eigenvalue weighted by atomic mass is 28.3. The molecule has 134 valence electrons. The third-order valence-electron chi connectivity index (χ3n) is 4.27. The maximum absolute atomic E-state index is 11.9. The Morgan fingerprint density at radius 2 is 2.00 bits per heavy atom. The number of nitrogens with one attached hydrogen (secondary N) is 1. The van der Waals surface area contributed by atoms with Gasteiger partial charge in [-0.3, -0.25) is 0 Å². The van der Waals surface area contributed by atoms with E-state index < -0.39 is 8.07 Å². The van der Waals surface area contributed by atoms with Crippen LogP contribution in [-0.2, 0) is 16.2 Å². The summed E-state index contributed by atoms with van der Waals surface area (Å²) >= 11 is 0. The van der Waals surface area contributed by atoms with E-state index in [1.54, 1.807) is 6.92 Å². The molecule has 25 heavy (non-hydrogen) atoms. The molecule has 0 bridgehead atoms. The van der Waals surface area contributed by atoms with Crippen LogP contribution >= 0.6 is 0 Å². The minimum absolute atomic E-state index is 0.319. The van der Waals surface area contributed by atoms with Crippen LogP contribution in [0, 0.1) is 0 Å². The van der Waals surface area contributed by atoms with Gasteiger partial charge in [0.05, 0.1) is 12.1 Å². The number of hydrogen-bond donors (Lipinski definition) is 1. The van der Waals surface area contributed by atoms with Gasteiger partial charge in [0.15, 0.2) is 0 Å². The SMILES string of the molecule is CCOC(=O)c1cc2c(ccc3c2ccn3COCC[Si](C)(C)C)[nH]1. The largest absolute Gasteiger partial charge is 0.461 e. The summed E-state index contributed by atoms with van der Waals surface area (Å²) in [5.41, 5.74) is 2.53. The van der Waals surface area contributed by atoms with Crippen LogP contribution in [0.1, 0.15) is 17.4 Å². The van der Waals surface area contributed by atoms with Gasteiger partial charge in [-0.2, -0.15) is 0 Å². The number of benzene rings is 1. The van der Waals surface area contributed by atoms with E-state index in [2.05, 4.69) is 41.3 Å². The number of rotatable bonds is 7. The summed E-state index contributed by atoms with van der Waals surface area (Å²) in [6.45, 7) is 10.6. The molecular formula is C19H26N2O3Si. The molecule has 1 N–H and O–H groups in total. The van der Waals surface area contributed by atoms with Crippen LogP contribution < -0.4 is 0 Å². The Labute approximate surface area is 148 Å². The van der Waals surface area contributed by atoms with Gasteiger partial charge in [-0.25, -0.2) is 4.79 Å². The minimum atomic E-state index is -1.07. The lowest BCUT2D eigenvalue weighted by Crippen LogP contribution is -2.21. The molecule has 0 atom stereocenters. The van der Waals surface area contributed by atoms with Crippen molar-refractivity contribution in [1.29, 1.82) is 0 Å². The Bertz CT molecular complexity index is 889. The van der Waals surface area contributed by atoms with Crippen LogP contribution in [-0.4, -0.2) is 36.8 Å². The van der Waals surface area contributed by atoms with Gasteiger partial charge in [0.2, 0.25) is 0 Å². The second-order valence-corrected chi connectivity index (χ2v) is 13.1. The normalized spacial score (nSPS) is 12.2. The molecule has 0 aliphatic heterocycles. The zero-order valence-corrected chi connectivity index (χ0v) is 16.4. The standard InChI is InChI=1S/C19H26N2O3Si/c1-5-24-19(22)17-12-15-14-8-9-21(13-23-10-11-25(2,3)4)18(14)7-6-16(15)20-17/h6-9,12,20H,5,10-11,13H2,1-4H3. The predicted molar refractivity (Wildman–Crippen MR) is 104 cm³/mol. The molecule has 0 aliphatic carbocycles. The molecule has 0 saturated carbocycles. The summed E-state index contributed by atoms with van der Waals surface area (Å²) in [5.74, 6) is -0.319. The van der Waals surface area contributed by atoms with Gasteiger partial charge in [-0.15, -0.1) is 0 Å². The smallest absolute Gasteiger partial charge is 0.354 e. The molecule has 6 heteroatoms. The van der Waals surface area contributed by atoms with Crippen LogP contribution in [0.4, 0.5) is 0 Å². The summed E-state index contributed by atoms with van der Waals surface area (Å²) in [5, 5.41) is 2.14. The number of fused-ring (bicyclic) bond motifs is 3. The number of nitrogens with zero attached hydrogens (tertiary/aromatic N) is 1. The molecule has 1 aromatic carbocycles. The van der Waals surface area contributed by atoms with Crippen molar-refractivity contribution in [2.24, 2.45) is 0 Å². The number of carbonyl (C=O) groups excluding carboxylic acids is 1. The lowest BCUT2D eigenvalue weighted by atomic mass is 10.1. The van der Waals surface area contributed by atoms with Gasteiger partial charge in [0.1, 0.15) is 12.4 Å². The second kappa shape index (κ2) is 7.05. The molecule has 0 fully saturated rings. The molecular weight excluding hydrogens is 332 g/mol. The molecule has 3 rings (SSSR count). The fourth-order valence-electron chi connectivity index (χ4n) is 2.86. The minimum Gasteiger partial charge on any atom is -0.461 e. The fraction of sp³-hybridized carbons (Fsp3) is 0.421. The van der Waals surface area contributed by atoms with Crippen molar-refractivity contribution in [3.63, 3.8) is 0 Å². The number of ether oxygens (including phenoxy) is 2. The highest BCUT2D eigenvalue weighted by Crippen LogP contribution is 2.27. The molecule has 3 aromatic rings. The molecule has 0 saturated heterocycles. The number of hydrogen-bond acceptors (Lipinski definition) is 3. The van der Waals surface area contributed by atoms with Crippen molar-refractivity contribution in [1.82, 2.24) is 9.55 Å². The fourth-order valence-corrected chi connectivity index (χ4v) is 3.61. The first-order valence-electron chi connectivity index (χ1n) is 8.74. The van der Waals surface area contributed by atoms with E-state index in [9.17, 15) is 4.79 Å². The van der Waals surface area contributed by atoms with E-state index in [0.29, 0.717) is 19.0 Å². The third-order valence-corrected chi connectivity index (χ3v) is 5.98. The van der Waals surface area contributed by atoms with Crippen molar-refractivity contribution in [2.45, 2.75) is 39.3 Å². The lowest BCUT2D eigenvalue weighted by molar-refractivity contribution is 0.0520. The molecule has 0 spiro atoms. The van der Waals surface area contributed by atoms with Crippen LogP contribution in [0.5, 0.6) is 0 Å². The summed E-state index contributed by atoms with van der Waals surface area (Å²) in [4.78, 5) is 15.1. The second-order valence-electron chi connectivity index (χ2n) is 7.50. The number of esters is 1. The third kappa shape index (κ3) is 3.96. The highest BCUT2D eigenvalue weighted by Gasteiger charge is 2.14. The van der Waals surface area contributed by atoms with Gasteiger partial charge in [-0.1, -0.05) is 19.6 Å². The van der Waals surface area contributed by atoms with E-state index in [0.717, 1.165) is 34.5 Å². The van der Waals surface area contributed by atoms with Crippen molar-refractivity contribution >= 4 is 35.8 Å². The number of H-pyrrole nitrogens is 1. The first-order chi connectivity index (χ1) is 11.9. The first-order valence-corrected chi connectivity index (χ1v) is 12.5. The Morgan fingerprint density at radius 1 is 1.20 bits per heavy atom. The zero-order chi connectivity index (χ0) is 18.0. The van der Waals surface area contributed by atoms with Crippen LogP contribution in [0.3, 0.4) is 0 Å². The lowest BCUT2D eigenvalue weighted by Gasteiger charge is -2.15. The topological polar surface area (TPSA) is 56.2 Å². The van der Waals surface area contributed by atoms with Gasteiger partial charge < -0.3 is 19.0 Å². The summed E-state index contributed by atoms with van der Waals surface area (Å²) in [6.07, 6.45) is 2.04. The van der Waals surface area contributed by atoms with Gasteiger partial charge in [-0.05, 0) is 37.2 Å². The van der Waals surface area contributed by atoms with Crippen molar-refractivity contribution in [2.75, 3.05) is 13.2 Å². The van der Waals surface area contributed by atoms with Crippen molar-refractivity contribution in [3.05, 3.63) is 36.2 Å². The molecule has 2 aromatic heterocycles. The van der Waals surface area contributed by atoms with Gasteiger partial charge >= 0.3 is 5.97 Å². The number of carbonyl (C=O) groups is 1. The van der Waals surface area contributed by atoms with Gasteiger partial charge in [0.25, 0.3) is 0 Å². The molecule has 2 heterocycles. The van der Waals surface area contributed by atoms with Crippen LogP contribution in [0.15, 0.2) is 30.5 Å². The van der Waals surface area contributed by atoms with E-state index >= 15 is 0 Å².